The van der Waals surface area contributed by atoms with E-state index in [0.717, 1.165) is 13.0 Å². The SMILES string of the molecule is CCC(C)c1nc(N(CC(C)C)C(CC)CC)sc1CN. The Balaban J connectivity index is 3.15. The lowest BCUT2D eigenvalue weighted by molar-refractivity contribution is 0.506. The molecule has 1 atom stereocenters. The second kappa shape index (κ2) is 8.74. The van der Waals surface area contributed by atoms with Gasteiger partial charge in [-0.15, -0.1) is 11.3 Å². The maximum absolute atomic E-state index is 5.95. The van der Waals surface area contributed by atoms with Gasteiger partial charge in [0.05, 0.1) is 5.69 Å². The smallest absolute Gasteiger partial charge is 0.186 e. The van der Waals surface area contributed by atoms with E-state index >= 15 is 0 Å². The normalized spacial score (nSPS) is 13.2. The maximum atomic E-state index is 5.95. The number of hydrogen-bond acceptors (Lipinski definition) is 4. The minimum absolute atomic E-state index is 0.496. The van der Waals surface area contributed by atoms with E-state index in [-0.39, 0.29) is 0 Å². The number of nitrogens with zero attached hydrogens (tertiary/aromatic N) is 2. The van der Waals surface area contributed by atoms with E-state index in [1.807, 2.05) is 0 Å². The summed E-state index contributed by atoms with van der Waals surface area (Å²) in [5.41, 5.74) is 7.17. The quantitative estimate of drug-likeness (QED) is 0.714. The first kappa shape index (κ1) is 18.4. The van der Waals surface area contributed by atoms with Crippen molar-refractivity contribution in [3.05, 3.63) is 10.6 Å². The van der Waals surface area contributed by atoms with E-state index < -0.39 is 0 Å². The molecule has 4 heteroatoms. The fraction of sp³-hybridized carbons (Fsp3) is 0.824. The van der Waals surface area contributed by atoms with Gasteiger partial charge >= 0.3 is 0 Å². The number of aromatic nitrogens is 1. The summed E-state index contributed by atoms with van der Waals surface area (Å²) in [6.45, 7) is 15.3. The monoisotopic (exact) mass is 311 g/mol. The minimum Gasteiger partial charge on any atom is -0.345 e. The molecule has 21 heavy (non-hydrogen) atoms. The Hall–Kier alpha value is -0.610. The van der Waals surface area contributed by atoms with Gasteiger partial charge in [-0.2, -0.15) is 0 Å². The predicted molar refractivity (Wildman–Crippen MR) is 95.3 cm³/mol. The molecule has 0 saturated heterocycles. The Morgan fingerprint density at radius 1 is 1.10 bits per heavy atom. The van der Waals surface area contributed by atoms with Gasteiger partial charge in [-0.3, -0.25) is 0 Å². The number of hydrogen-bond donors (Lipinski definition) is 1. The molecule has 1 aromatic rings. The topological polar surface area (TPSA) is 42.2 Å². The molecule has 0 amide bonds. The lowest BCUT2D eigenvalue weighted by atomic mass is 10.0. The van der Waals surface area contributed by atoms with Gasteiger partial charge in [0.1, 0.15) is 0 Å². The highest BCUT2D eigenvalue weighted by Crippen LogP contribution is 2.34. The number of anilines is 1. The largest absolute Gasteiger partial charge is 0.345 e. The first-order valence-corrected chi connectivity index (χ1v) is 9.26. The molecule has 1 heterocycles. The van der Waals surface area contributed by atoms with Crippen molar-refractivity contribution in [1.82, 2.24) is 4.98 Å². The van der Waals surface area contributed by atoms with Crippen molar-refractivity contribution in [2.45, 2.75) is 79.3 Å². The summed E-state index contributed by atoms with van der Waals surface area (Å²) in [5.74, 6) is 1.14. The Morgan fingerprint density at radius 3 is 2.14 bits per heavy atom. The Kier molecular flexibility index (Phi) is 7.67. The van der Waals surface area contributed by atoms with E-state index in [1.54, 1.807) is 11.3 Å². The summed E-state index contributed by atoms with van der Waals surface area (Å²) in [7, 11) is 0. The second-order valence-electron chi connectivity index (χ2n) is 6.33. The van der Waals surface area contributed by atoms with E-state index in [9.17, 15) is 0 Å². The summed E-state index contributed by atoms with van der Waals surface area (Å²) < 4.78 is 0. The van der Waals surface area contributed by atoms with Gasteiger partial charge in [0.25, 0.3) is 0 Å². The molecule has 0 fully saturated rings. The Morgan fingerprint density at radius 2 is 1.71 bits per heavy atom. The molecule has 1 rings (SSSR count). The molecule has 122 valence electrons. The van der Waals surface area contributed by atoms with Crippen LogP contribution in [-0.2, 0) is 6.54 Å². The zero-order valence-corrected chi connectivity index (χ0v) is 15.5. The Labute approximate surface area is 135 Å². The molecule has 0 aliphatic carbocycles. The Bertz CT molecular complexity index is 410. The molecule has 0 aliphatic rings. The van der Waals surface area contributed by atoms with E-state index in [1.165, 1.54) is 28.5 Å². The molecule has 3 nitrogen and oxygen atoms in total. The van der Waals surface area contributed by atoms with E-state index in [0.29, 0.717) is 24.4 Å². The molecular formula is C17H33N3S. The van der Waals surface area contributed by atoms with Crippen LogP contribution >= 0.6 is 11.3 Å². The van der Waals surface area contributed by atoms with Gasteiger partial charge < -0.3 is 10.6 Å². The van der Waals surface area contributed by atoms with Crippen LogP contribution in [0.1, 0.15) is 77.3 Å². The minimum atomic E-state index is 0.496. The van der Waals surface area contributed by atoms with Crippen molar-refractivity contribution in [2.24, 2.45) is 11.7 Å². The standard InChI is InChI=1S/C17H33N3S/c1-7-13(6)16-15(10-18)21-17(19-16)20(11-12(4)5)14(8-2)9-3/h12-14H,7-11,18H2,1-6H3. The molecule has 0 aliphatic heterocycles. The van der Waals surface area contributed by atoms with Gasteiger partial charge in [-0.1, -0.05) is 41.5 Å². The van der Waals surface area contributed by atoms with E-state index in [4.69, 9.17) is 10.7 Å². The van der Waals surface area contributed by atoms with Crippen molar-refractivity contribution >= 4 is 16.5 Å². The van der Waals surface area contributed by atoms with Crippen LogP contribution in [0.4, 0.5) is 5.13 Å². The molecule has 0 spiro atoms. The second-order valence-corrected chi connectivity index (χ2v) is 7.40. The molecule has 0 radical (unpaired) electrons. The maximum Gasteiger partial charge on any atom is 0.186 e. The van der Waals surface area contributed by atoms with Crippen molar-refractivity contribution in [3.63, 3.8) is 0 Å². The summed E-state index contributed by atoms with van der Waals surface area (Å²) in [6.07, 6.45) is 3.45. The van der Waals surface area contributed by atoms with Crippen LogP contribution in [0.3, 0.4) is 0 Å². The third-order valence-electron chi connectivity index (χ3n) is 4.17. The van der Waals surface area contributed by atoms with Crippen molar-refractivity contribution in [3.8, 4) is 0 Å². The van der Waals surface area contributed by atoms with Crippen LogP contribution < -0.4 is 10.6 Å². The van der Waals surface area contributed by atoms with Gasteiger partial charge in [-0.25, -0.2) is 4.98 Å². The number of rotatable bonds is 9. The van der Waals surface area contributed by atoms with Crippen LogP contribution in [0.25, 0.3) is 0 Å². The molecule has 0 bridgehead atoms. The van der Waals surface area contributed by atoms with Gasteiger partial charge in [0, 0.05) is 24.0 Å². The van der Waals surface area contributed by atoms with Crippen LogP contribution in [0.2, 0.25) is 0 Å². The van der Waals surface area contributed by atoms with Crippen LogP contribution in [0.5, 0.6) is 0 Å². The molecule has 0 aromatic carbocycles. The van der Waals surface area contributed by atoms with Crippen molar-refractivity contribution < 1.29 is 0 Å². The molecule has 2 N–H and O–H groups in total. The third-order valence-corrected chi connectivity index (χ3v) is 5.30. The first-order chi connectivity index (χ1) is 9.98. The van der Waals surface area contributed by atoms with Crippen molar-refractivity contribution in [2.75, 3.05) is 11.4 Å². The number of thiazole rings is 1. The average Bonchev–Trinajstić information content (AvgIpc) is 2.90. The highest BCUT2D eigenvalue weighted by atomic mass is 32.1. The fourth-order valence-corrected chi connectivity index (χ4v) is 3.84. The lowest BCUT2D eigenvalue weighted by Gasteiger charge is -2.31. The van der Waals surface area contributed by atoms with Gasteiger partial charge in [0.15, 0.2) is 5.13 Å². The summed E-state index contributed by atoms with van der Waals surface area (Å²) >= 11 is 1.80. The predicted octanol–water partition coefficient (Wildman–Crippen LogP) is 4.77. The number of nitrogens with two attached hydrogens (primary N) is 1. The van der Waals surface area contributed by atoms with E-state index in [2.05, 4.69) is 46.4 Å². The third kappa shape index (κ3) is 4.68. The summed E-state index contributed by atoms with van der Waals surface area (Å²) in [5, 5.41) is 1.17. The lowest BCUT2D eigenvalue weighted by Crippen LogP contribution is -2.37. The first-order valence-electron chi connectivity index (χ1n) is 8.44. The van der Waals surface area contributed by atoms with Crippen LogP contribution in [0, 0.1) is 5.92 Å². The summed E-state index contributed by atoms with van der Waals surface area (Å²) in [6, 6.07) is 0.578. The summed E-state index contributed by atoms with van der Waals surface area (Å²) in [4.78, 5) is 8.76. The molecule has 1 aromatic heterocycles. The van der Waals surface area contributed by atoms with Crippen LogP contribution in [0.15, 0.2) is 0 Å². The highest BCUT2D eigenvalue weighted by Gasteiger charge is 2.23. The van der Waals surface area contributed by atoms with Gasteiger partial charge in [0.2, 0.25) is 0 Å². The average molecular weight is 312 g/mol. The molecular weight excluding hydrogens is 278 g/mol. The zero-order chi connectivity index (χ0) is 16.0. The van der Waals surface area contributed by atoms with Crippen molar-refractivity contribution in [1.29, 1.82) is 0 Å². The highest BCUT2D eigenvalue weighted by molar-refractivity contribution is 7.15. The molecule has 1 unspecified atom stereocenters. The zero-order valence-electron chi connectivity index (χ0n) is 14.6. The fourth-order valence-electron chi connectivity index (χ4n) is 2.70. The van der Waals surface area contributed by atoms with Crippen LogP contribution in [-0.4, -0.2) is 17.6 Å². The molecule has 0 saturated carbocycles. The van der Waals surface area contributed by atoms with Gasteiger partial charge in [-0.05, 0) is 31.1 Å².